The van der Waals surface area contributed by atoms with Crippen molar-refractivity contribution in [2.45, 2.75) is 74.7 Å². The van der Waals surface area contributed by atoms with Crippen LogP contribution in [0.15, 0.2) is 6.07 Å². The number of hydrogen-bond acceptors (Lipinski definition) is 6. The summed E-state index contributed by atoms with van der Waals surface area (Å²) in [6.45, 7) is 21.6. The number of aromatic nitrogens is 3. The topological polar surface area (TPSA) is 60.4 Å². The van der Waals surface area contributed by atoms with Gasteiger partial charge < -0.3 is 14.4 Å². The molecule has 0 radical (unpaired) electrons. The van der Waals surface area contributed by atoms with Crippen molar-refractivity contribution in [1.82, 2.24) is 15.0 Å². The fourth-order valence-corrected chi connectivity index (χ4v) is 2.79. The molecule has 0 fully saturated rings. The van der Waals surface area contributed by atoms with Gasteiger partial charge in [0.2, 0.25) is 5.88 Å². The van der Waals surface area contributed by atoms with Crippen LogP contribution in [0.3, 0.4) is 0 Å². The molecular formula is C23H42N4O2. The summed E-state index contributed by atoms with van der Waals surface area (Å²) < 4.78 is 11.0. The summed E-state index contributed by atoms with van der Waals surface area (Å²) in [5.74, 6) is 2.59. The highest BCUT2D eigenvalue weighted by atomic mass is 16.5. The highest BCUT2D eigenvalue weighted by Crippen LogP contribution is 2.33. The normalized spacial score (nSPS) is 10.2. The van der Waals surface area contributed by atoms with Crippen molar-refractivity contribution >= 4 is 16.7 Å². The minimum atomic E-state index is 0.254. The van der Waals surface area contributed by atoms with E-state index in [1.54, 1.807) is 7.11 Å². The van der Waals surface area contributed by atoms with Crippen molar-refractivity contribution in [2.24, 2.45) is 0 Å². The third-order valence-electron chi connectivity index (χ3n) is 4.08. The third-order valence-corrected chi connectivity index (χ3v) is 4.08. The van der Waals surface area contributed by atoms with Crippen LogP contribution < -0.4 is 9.64 Å². The third kappa shape index (κ3) is 7.77. The smallest absolute Gasteiger partial charge is 0.226 e. The van der Waals surface area contributed by atoms with Gasteiger partial charge in [0.1, 0.15) is 17.0 Å². The van der Waals surface area contributed by atoms with E-state index in [1.807, 2.05) is 47.6 Å². The second kappa shape index (κ2) is 15.0. The highest BCUT2D eigenvalue weighted by Gasteiger charge is 2.19. The van der Waals surface area contributed by atoms with Crippen LogP contribution >= 0.6 is 0 Å². The molecule has 0 saturated heterocycles. The zero-order chi connectivity index (χ0) is 22.4. The molecule has 2 rings (SSSR count). The first-order valence-electron chi connectivity index (χ1n) is 11.1. The molecular weight excluding hydrogens is 364 g/mol. The molecule has 0 N–H and O–H groups in total. The van der Waals surface area contributed by atoms with Gasteiger partial charge in [-0.05, 0) is 33.3 Å². The van der Waals surface area contributed by atoms with Gasteiger partial charge in [-0.15, -0.1) is 0 Å². The van der Waals surface area contributed by atoms with Gasteiger partial charge in [0, 0.05) is 37.9 Å². The number of rotatable bonds is 9. The van der Waals surface area contributed by atoms with E-state index in [1.165, 1.54) is 0 Å². The molecule has 0 atom stereocenters. The molecule has 0 amide bonds. The molecule has 2 heterocycles. The Labute approximate surface area is 178 Å². The second-order valence-corrected chi connectivity index (χ2v) is 6.36. The molecule has 0 spiro atoms. The predicted molar refractivity (Wildman–Crippen MR) is 124 cm³/mol. The summed E-state index contributed by atoms with van der Waals surface area (Å²) in [6.07, 6.45) is 0.950. The molecule has 0 bridgehead atoms. The van der Waals surface area contributed by atoms with Crippen molar-refractivity contribution < 1.29 is 9.47 Å². The maximum Gasteiger partial charge on any atom is 0.226 e. The van der Waals surface area contributed by atoms with Gasteiger partial charge in [-0.3, -0.25) is 0 Å². The van der Waals surface area contributed by atoms with E-state index in [4.69, 9.17) is 19.4 Å². The lowest BCUT2D eigenvalue weighted by Gasteiger charge is -2.25. The van der Waals surface area contributed by atoms with E-state index in [2.05, 4.69) is 30.7 Å². The average Bonchev–Trinajstić information content (AvgIpc) is 2.75. The second-order valence-electron chi connectivity index (χ2n) is 6.36. The maximum atomic E-state index is 5.54. The van der Waals surface area contributed by atoms with Gasteiger partial charge in [0.05, 0.1) is 12.6 Å². The van der Waals surface area contributed by atoms with Crippen molar-refractivity contribution in [2.75, 3.05) is 38.3 Å². The lowest BCUT2D eigenvalue weighted by Crippen LogP contribution is -2.27. The summed E-state index contributed by atoms with van der Waals surface area (Å²) in [5.41, 5.74) is 1.78. The summed E-state index contributed by atoms with van der Waals surface area (Å²) in [7, 11) is 1.65. The molecule has 6 heteroatoms. The monoisotopic (exact) mass is 406 g/mol. The van der Waals surface area contributed by atoms with Gasteiger partial charge in [-0.1, -0.05) is 41.5 Å². The first-order valence-corrected chi connectivity index (χ1v) is 11.1. The van der Waals surface area contributed by atoms with Gasteiger partial charge in [-0.2, -0.15) is 0 Å². The van der Waals surface area contributed by atoms with Crippen molar-refractivity contribution in [3.05, 3.63) is 17.6 Å². The maximum absolute atomic E-state index is 5.54. The van der Waals surface area contributed by atoms with Crippen molar-refractivity contribution in [3.8, 4) is 5.88 Å². The SMILES string of the molecule is CC.CC.CCOCCCN(CC)c1nc(C(C)C)nc2cc(C)nc(OC)c12. The van der Waals surface area contributed by atoms with Crippen molar-refractivity contribution in [1.29, 1.82) is 0 Å². The molecule has 0 saturated carbocycles. The summed E-state index contributed by atoms with van der Waals surface area (Å²) in [4.78, 5) is 16.4. The van der Waals surface area contributed by atoms with E-state index in [9.17, 15) is 0 Å². The van der Waals surface area contributed by atoms with E-state index in [-0.39, 0.29) is 5.92 Å². The molecule has 0 aliphatic heterocycles. The lowest BCUT2D eigenvalue weighted by atomic mass is 10.1. The Morgan fingerprint density at radius 2 is 1.69 bits per heavy atom. The van der Waals surface area contributed by atoms with Crippen molar-refractivity contribution in [3.63, 3.8) is 0 Å². The Hall–Kier alpha value is -1.95. The van der Waals surface area contributed by atoms with E-state index in [0.717, 1.165) is 61.0 Å². The fourth-order valence-electron chi connectivity index (χ4n) is 2.79. The minimum Gasteiger partial charge on any atom is -0.480 e. The average molecular weight is 407 g/mol. The standard InChI is InChI=1S/C19H30N4O2.2C2H6/c1-7-23(10-9-11-25-8-2)18-16-15(21-17(22-18)13(3)4)12-14(5)20-19(16)24-6;2*1-2/h12-13H,7-11H2,1-6H3;2*1-2H3. The van der Waals surface area contributed by atoms with Crippen LogP contribution in [0.1, 0.15) is 79.2 Å². The molecule has 6 nitrogen and oxygen atoms in total. The van der Waals surface area contributed by atoms with Crippen LogP contribution in [0.5, 0.6) is 5.88 Å². The molecule has 0 aromatic carbocycles. The van der Waals surface area contributed by atoms with Crippen LogP contribution in [0.4, 0.5) is 5.82 Å². The largest absolute Gasteiger partial charge is 0.480 e. The Morgan fingerprint density at radius 3 is 2.21 bits per heavy atom. The van der Waals surface area contributed by atoms with Crippen LogP contribution in [0, 0.1) is 6.92 Å². The Bertz CT molecular complexity index is 705. The number of aryl methyl sites for hydroxylation is 1. The molecule has 0 aliphatic rings. The number of ether oxygens (including phenoxy) is 2. The molecule has 29 heavy (non-hydrogen) atoms. The van der Waals surface area contributed by atoms with Gasteiger partial charge in [-0.25, -0.2) is 15.0 Å². The zero-order valence-corrected chi connectivity index (χ0v) is 20.3. The summed E-state index contributed by atoms with van der Waals surface area (Å²) in [6, 6.07) is 2.00. The first-order chi connectivity index (χ1) is 14.0. The molecule has 0 unspecified atom stereocenters. The minimum absolute atomic E-state index is 0.254. The summed E-state index contributed by atoms with van der Waals surface area (Å²) >= 11 is 0. The number of fused-ring (bicyclic) bond motifs is 1. The Kier molecular flexibility index (Phi) is 14.0. The van der Waals surface area contributed by atoms with E-state index < -0.39 is 0 Å². The van der Waals surface area contributed by atoms with Crippen LogP contribution in [-0.4, -0.2) is 48.4 Å². The molecule has 2 aromatic heterocycles. The van der Waals surface area contributed by atoms with Crippen LogP contribution in [0.25, 0.3) is 10.9 Å². The fraction of sp³-hybridized carbons (Fsp3) is 0.696. The van der Waals surface area contributed by atoms with Crippen LogP contribution in [0.2, 0.25) is 0 Å². The highest BCUT2D eigenvalue weighted by molar-refractivity contribution is 5.94. The Morgan fingerprint density at radius 1 is 1.03 bits per heavy atom. The number of methoxy groups -OCH3 is 1. The lowest BCUT2D eigenvalue weighted by molar-refractivity contribution is 0.146. The number of hydrogen-bond donors (Lipinski definition) is 0. The molecule has 0 aliphatic carbocycles. The summed E-state index contributed by atoms with van der Waals surface area (Å²) in [5, 5.41) is 0.885. The molecule has 166 valence electrons. The molecule has 2 aromatic rings. The van der Waals surface area contributed by atoms with E-state index >= 15 is 0 Å². The number of pyridine rings is 1. The number of anilines is 1. The van der Waals surface area contributed by atoms with Crippen LogP contribution in [-0.2, 0) is 4.74 Å². The van der Waals surface area contributed by atoms with Gasteiger partial charge in [0.15, 0.2) is 0 Å². The van der Waals surface area contributed by atoms with Gasteiger partial charge in [0.25, 0.3) is 0 Å². The zero-order valence-electron chi connectivity index (χ0n) is 20.3. The predicted octanol–water partition coefficient (Wildman–Crippen LogP) is 5.77. The number of nitrogens with zero attached hydrogens (tertiary/aromatic N) is 4. The first kappa shape index (κ1) is 27.0. The quantitative estimate of drug-likeness (QED) is 0.493. The Balaban J connectivity index is 0.00000184. The van der Waals surface area contributed by atoms with E-state index in [0.29, 0.717) is 5.88 Å². The van der Waals surface area contributed by atoms with Gasteiger partial charge >= 0.3 is 0 Å².